The van der Waals surface area contributed by atoms with Gasteiger partial charge in [-0.1, -0.05) is 37.6 Å². The Morgan fingerprint density at radius 1 is 1.10 bits per heavy atom. The Bertz CT molecular complexity index is 563. The summed E-state index contributed by atoms with van der Waals surface area (Å²) in [6.07, 6.45) is -1.43. The first-order valence-corrected chi connectivity index (χ1v) is 9.73. The van der Waals surface area contributed by atoms with E-state index in [2.05, 4.69) is 27.3 Å². The van der Waals surface area contributed by atoms with Gasteiger partial charge < -0.3 is 20.5 Å². The van der Waals surface area contributed by atoms with Crippen LogP contribution >= 0.6 is 24.0 Å². The molecule has 1 rings (SSSR count). The average Bonchev–Trinajstić information content (AvgIpc) is 2.64. The van der Waals surface area contributed by atoms with Gasteiger partial charge >= 0.3 is 6.18 Å². The maximum absolute atomic E-state index is 12.1. The van der Waals surface area contributed by atoms with Crippen LogP contribution in [-0.2, 0) is 17.9 Å². The van der Waals surface area contributed by atoms with Gasteiger partial charge in [0.1, 0.15) is 6.61 Å². The first-order chi connectivity index (χ1) is 13.4. The summed E-state index contributed by atoms with van der Waals surface area (Å²) >= 11 is 0. The van der Waals surface area contributed by atoms with E-state index in [9.17, 15) is 13.2 Å². The van der Waals surface area contributed by atoms with Crippen molar-refractivity contribution in [3.8, 4) is 0 Å². The molecule has 0 spiro atoms. The quantitative estimate of drug-likeness (QED) is 0.215. The molecular formula is C20H33F3IN3O2. The maximum atomic E-state index is 12.1. The van der Waals surface area contributed by atoms with Crippen LogP contribution in [0.15, 0.2) is 29.3 Å². The highest BCUT2D eigenvalue weighted by molar-refractivity contribution is 14.0. The van der Waals surface area contributed by atoms with Crippen molar-refractivity contribution in [3.63, 3.8) is 0 Å². The molecule has 1 aromatic carbocycles. The molecule has 0 heterocycles. The van der Waals surface area contributed by atoms with Gasteiger partial charge in [-0.2, -0.15) is 13.2 Å². The molecule has 0 aromatic heterocycles. The Kier molecular flexibility index (Phi) is 15.1. The van der Waals surface area contributed by atoms with Crippen LogP contribution in [0.5, 0.6) is 0 Å². The number of benzene rings is 1. The van der Waals surface area contributed by atoms with E-state index in [1.165, 1.54) is 0 Å². The fourth-order valence-corrected chi connectivity index (χ4v) is 2.72. The van der Waals surface area contributed by atoms with Crippen LogP contribution in [0, 0.1) is 5.92 Å². The predicted octanol–water partition coefficient (Wildman–Crippen LogP) is 4.24. The number of alkyl halides is 3. The molecule has 1 atom stereocenters. The minimum atomic E-state index is -4.31. The van der Waals surface area contributed by atoms with E-state index in [0.29, 0.717) is 24.0 Å². The van der Waals surface area contributed by atoms with E-state index >= 15 is 0 Å². The third-order valence-electron chi connectivity index (χ3n) is 4.11. The summed E-state index contributed by atoms with van der Waals surface area (Å²) in [5, 5.41) is 15.7. The fourth-order valence-electron chi connectivity index (χ4n) is 2.72. The minimum absolute atomic E-state index is 0. The van der Waals surface area contributed by atoms with Gasteiger partial charge in [0, 0.05) is 19.7 Å². The summed E-state index contributed by atoms with van der Waals surface area (Å²) in [6, 6.07) is 7.18. The first kappa shape index (κ1) is 27.9. The Labute approximate surface area is 188 Å². The molecule has 0 aliphatic rings. The Balaban J connectivity index is 0.00000784. The van der Waals surface area contributed by atoms with E-state index in [4.69, 9.17) is 5.11 Å². The van der Waals surface area contributed by atoms with Crippen LogP contribution in [0.1, 0.15) is 44.2 Å². The number of ether oxygens (including phenoxy) is 1. The second-order valence-electron chi connectivity index (χ2n) is 6.67. The number of guanidine groups is 1. The molecule has 0 saturated carbocycles. The molecular weight excluding hydrogens is 498 g/mol. The molecule has 3 N–H and O–H groups in total. The highest BCUT2D eigenvalue weighted by atomic mass is 127. The van der Waals surface area contributed by atoms with Crippen molar-refractivity contribution >= 4 is 29.9 Å². The van der Waals surface area contributed by atoms with Crippen LogP contribution in [-0.4, -0.2) is 43.5 Å². The van der Waals surface area contributed by atoms with Crippen molar-refractivity contribution in [3.05, 3.63) is 35.4 Å². The Hall–Kier alpha value is -1.07. The SMILES string of the molecule is CCCC(CCO)CNC(=NCc1ccc(COCC(F)(F)F)cc1)NCC.I. The number of hydrogen-bond acceptors (Lipinski definition) is 3. The minimum Gasteiger partial charge on any atom is -0.396 e. The summed E-state index contributed by atoms with van der Waals surface area (Å²) in [4.78, 5) is 4.55. The zero-order chi connectivity index (χ0) is 20.8. The number of halogens is 4. The Morgan fingerprint density at radius 3 is 2.31 bits per heavy atom. The number of nitrogens with one attached hydrogen (secondary N) is 2. The van der Waals surface area contributed by atoms with Gasteiger partial charge in [0.25, 0.3) is 0 Å². The molecule has 0 radical (unpaired) electrons. The van der Waals surface area contributed by atoms with Gasteiger partial charge in [-0.05, 0) is 36.8 Å². The zero-order valence-corrected chi connectivity index (χ0v) is 19.4. The summed E-state index contributed by atoms with van der Waals surface area (Å²) in [5.74, 6) is 1.11. The van der Waals surface area contributed by atoms with Crippen molar-refractivity contribution in [1.29, 1.82) is 0 Å². The monoisotopic (exact) mass is 531 g/mol. The smallest absolute Gasteiger partial charge is 0.396 e. The third-order valence-corrected chi connectivity index (χ3v) is 4.11. The number of aliphatic hydroxyl groups excluding tert-OH is 1. The highest BCUT2D eigenvalue weighted by Crippen LogP contribution is 2.16. The topological polar surface area (TPSA) is 65.9 Å². The maximum Gasteiger partial charge on any atom is 0.411 e. The molecule has 9 heteroatoms. The molecule has 0 amide bonds. The number of aliphatic imine (C=N–C) groups is 1. The number of hydrogen-bond donors (Lipinski definition) is 3. The van der Waals surface area contributed by atoms with E-state index in [1.54, 1.807) is 12.1 Å². The molecule has 0 bridgehead atoms. The lowest BCUT2D eigenvalue weighted by Crippen LogP contribution is -2.40. The van der Waals surface area contributed by atoms with Crippen molar-refractivity contribution in [1.82, 2.24) is 10.6 Å². The van der Waals surface area contributed by atoms with Crippen LogP contribution in [0.25, 0.3) is 0 Å². The lowest BCUT2D eigenvalue weighted by molar-refractivity contribution is -0.176. The van der Waals surface area contributed by atoms with E-state index in [0.717, 1.165) is 37.9 Å². The van der Waals surface area contributed by atoms with Crippen molar-refractivity contribution < 1.29 is 23.0 Å². The van der Waals surface area contributed by atoms with E-state index in [-0.39, 0.29) is 37.2 Å². The zero-order valence-electron chi connectivity index (χ0n) is 17.1. The first-order valence-electron chi connectivity index (χ1n) is 9.73. The summed E-state index contributed by atoms with van der Waals surface area (Å²) in [5.41, 5.74) is 1.64. The summed E-state index contributed by atoms with van der Waals surface area (Å²) < 4.78 is 40.9. The number of rotatable bonds is 12. The van der Waals surface area contributed by atoms with Gasteiger partial charge in [0.05, 0.1) is 13.2 Å². The van der Waals surface area contributed by atoms with Gasteiger partial charge in [-0.3, -0.25) is 0 Å². The van der Waals surface area contributed by atoms with Crippen LogP contribution in [0.2, 0.25) is 0 Å². The van der Waals surface area contributed by atoms with Gasteiger partial charge in [-0.15, -0.1) is 24.0 Å². The summed E-state index contributed by atoms with van der Waals surface area (Å²) in [6.45, 7) is 4.92. The highest BCUT2D eigenvalue weighted by Gasteiger charge is 2.27. The average molecular weight is 531 g/mol. The number of nitrogens with zero attached hydrogens (tertiary/aromatic N) is 1. The molecule has 0 aliphatic heterocycles. The predicted molar refractivity (Wildman–Crippen MR) is 120 cm³/mol. The third kappa shape index (κ3) is 13.7. The standard InChI is InChI=1S/C20H32F3N3O2.HI/c1-3-5-16(10-11-27)12-25-19(24-4-2)26-13-17-6-8-18(9-7-17)14-28-15-20(21,22)23;/h6-9,16,27H,3-5,10-15H2,1-2H3,(H2,24,25,26);1H. The number of aliphatic hydroxyl groups is 1. The van der Waals surface area contributed by atoms with E-state index < -0.39 is 12.8 Å². The molecule has 5 nitrogen and oxygen atoms in total. The van der Waals surface area contributed by atoms with Crippen molar-refractivity contribution in [2.75, 3.05) is 26.3 Å². The molecule has 0 saturated heterocycles. The Morgan fingerprint density at radius 2 is 1.76 bits per heavy atom. The lowest BCUT2D eigenvalue weighted by Gasteiger charge is -2.18. The largest absolute Gasteiger partial charge is 0.411 e. The second-order valence-corrected chi connectivity index (χ2v) is 6.67. The van der Waals surface area contributed by atoms with E-state index in [1.807, 2.05) is 19.1 Å². The second kappa shape index (κ2) is 15.7. The van der Waals surface area contributed by atoms with Crippen molar-refractivity contribution in [2.24, 2.45) is 10.9 Å². The van der Waals surface area contributed by atoms with Crippen LogP contribution < -0.4 is 10.6 Å². The van der Waals surface area contributed by atoms with Gasteiger partial charge in [0.2, 0.25) is 0 Å². The van der Waals surface area contributed by atoms with Crippen LogP contribution in [0.3, 0.4) is 0 Å². The molecule has 1 aromatic rings. The van der Waals surface area contributed by atoms with Crippen molar-refractivity contribution in [2.45, 2.75) is 52.4 Å². The molecule has 168 valence electrons. The molecule has 29 heavy (non-hydrogen) atoms. The molecule has 0 aliphatic carbocycles. The summed E-state index contributed by atoms with van der Waals surface area (Å²) in [7, 11) is 0. The fraction of sp³-hybridized carbons (Fsp3) is 0.650. The molecule has 1 unspecified atom stereocenters. The van der Waals surface area contributed by atoms with Crippen LogP contribution in [0.4, 0.5) is 13.2 Å². The van der Waals surface area contributed by atoms with Gasteiger partial charge in [-0.25, -0.2) is 4.99 Å². The van der Waals surface area contributed by atoms with Gasteiger partial charge in [0.15, 0.2) is 5.96 Å². The lowest BCUT2D eigenvalue weighted by atomic mass is 10.0. The molecule has 0 fully saturated rings. The normalized spacial score (nSPS) is 13.0.